The van der Waals surface area contributed by atoms with Gasteiger partial charge in [0.2, 0.25) is 0 Å². The number of aliphatic carboxylic acids is 1. The minimum absolute atomic E-state index is 0.155. The van der Waals surface area contributed by atoms with Gasteiger partial charge in [-0.2, -0.15) is 0 Å². The van der Waals surface area contributed by atoms with E-state index >= 15 is 0 Å². The van der Waals surface area contributed by atoms with Crippen molar-refractivity contribution in [2.24, 2.45) is 5.41 Å². The highest BCUT2D eigenvalue weighted by atomic mass is 79.9. The van der Waals surface area contributed by atoms with Crippen molar-refractivity contribution in [3.63, 3.8) is 0 Å². The Hall–Kier alpha value is -1.43. The molecule has 0 aliphatic heterocycles. The maximum atomic E-state index is 12.0. The number of amides is 1. The van der Waals surface area contributed by atoms with Gasteiger partial charge in [0.05, 0.1) is 5.41 Å². The molecule has 102 valence electrons. The predicted octanol–water partition coefficient (Wildman–Crippen LogP) is 2.06. The molecular weight excluding hydrogens is 312 g/mol. The molecule has 0 atom stereocenters. The van der Waals surface area contributed by atoms with E-state index < -0.39 is 11.4 Å². The highest BCUT2D eigenvalue weighted by Gasteiger charge is 2.50. The molecule has 1 heterocycles. The van der Waals surface area contributed by atoms with Gasteiger partial charge in [0.15, 0.2) is 0 Å². The van der Waals surface area contributed by atoms with Crippen LogP contribution in [0.2, 0.25) is 0 Å². The molecule has 0 radical (unpaired) electrons. The predicted molar refractivity (Wildman–Crippen MR) is 73.0 cm³/mol. The van der Waals surface area contributed by atoms with Crippen molar-refractivity contribution in [3.8, 4) is 0 Å². The molecule has 6 heteroatoms. The first-order chi connectivity index (χ1) is 8.85. The first-order valence-electron chi connectivity index (χ1n) is 6.01. The number of nitrogens with one attached hydrogen (secondary N) is 1. The van der Waals surface area contributed by atoms with E-state index in [1.807, 2.05) is 19.9 Å². The van der Waals surface area contributed by atoms with E-state index in [1.165, 1.54) is 0 Å². The summed E-state index contributed by atoms with van der Waals surface area (Å²) in [4.78, 5) is 27.3. The zero-order chi connectivity index (χ0) is 14.2. The molecule has 19 heavy (non-hydrogen) atoms. The van der Waals surface area contributed by atoms with Crippen LogP contribution in [0.5, 0.6) is 0 Å². The average Bonchev–Trinajstić information content (AvgIpc) is 3.12. The summed E-state index contributed by atoms with van der Waals surface area (Å²) >= 11 is 3.31. The number of pyridine rings is 1. The molecule has 1 aliphatic carbocycles. The molecule has 0 bridgehead atoms. The van der Waals surface area contributed by atoms with E-state index in [9.17, 15) is 9.59 Å². The third-order valence-corrected chi connectivity index (χ3v) is 4.13. The SMILES string of the molecule is Cc1cc(Br)c(C(=O)NCC2(C(=O)O)CC2)nc1C. The number of carboxylic acids is 1. The van der Waals surface area contributed by atoms with Crippen LogP contribution in [0.15, 0.2) is 10.5 Å². The highest BCUT2D eigenvalue weighted by molar-refractivity contribution is 9.10. The van der Waals surface area contributed by atoms with Crippen molar-refractivity contribution < 1.29 is 14.7 Å². The van der Waals surface area contributed by atoms with Crippen LogP contribution in [-0.4, -0.2) is 28.5 Å². The molecule has 1 aromatic rings. The van der Waals surface area contributed by atoms with E-state index in [-0.39, 0.29) is 12.5 Å². The van der Waals surface area contributed by atoms with Crippen molar-refractivity contribution in [2.75, 3.05) is 6.54 Å². The second-order valence-electron chi connectivity index (χ2n) is 4.99. The van der Waals surface area contributed by atoms with E-state index in [4.69, 9.17) is 5.11 Å². The summed E-state index contributed by atoms with van der Waals surface area (Å²) < 4.78 is 0.619. The minimum Gasteiger partial charge on any atom is -0.481 e. The van der Waals surface area contributed by atoms with Crippen LogP contribution in [0, 0.1) is 19.3 Å². The average molecular weight is 327 g/mol. The number of aryl methyl sites for hydroxylation is 2. The van der Waals surface area contributed by atoms with Gasteiger partial charge in [-0.1, -0.05) is 0 Å². The summed E-state index contributed by atoms with van der Waals surface area (Å²) in [7, 11) is 0. The van der Waals surface area contributed by atoms with Crippen molar-refractivity contribution >= 4 is 27.8 Å². The Morgan fingerprint density at radius 2 is 2.11 bits per heavy atom. The van der Waals surface area contributed by atoms with Gasteiger partial charge in [0, 0.05) is 16.7 Å². The van der Waals surface area contributed by atoms with Crippen LogP contribution in [0.4, 0.5) is 0 Å². The number of halogens is 1. The number of hydrogen-bond donors (Lipinski definition) is 2. The summed E-state index contributed by atoms with van der Waals surface area (Å²) in [5.41, 5.74) is 1.31. The third kappa shape index (κ3) is 2.78. The van der Waals surface area contributed by atoms with E-state index in [0.29, 0.717) is 23.0 Å². The van der Waals surface area contributed by atoms with Crippen LogP contribution in [0.25, 0.3) is 0 Å². The van der Waals surface area contributed by atoms with Crippen molar-refractivity contribution in [3.05, 3.63) is 27.5 Å². The van der Waals surface area contributed by atoms with E-state index in [2.05, 4.69) is 26.2 Å². The van der Waals surface area contributed by atoms with Crippen LogP contribution < -0.4 is 5.32 Å². The number of carboxylic acid groups (broad SMARTS) is 1. The summed E-state index contributed by atoms with van der Waals surface area (Å²) in [6.45, 7) is 3.90. The summed E-state index contributed by atoms with van der Waals surface area (Å²) in [6.07, 6.45) is 1.23. The van der Waals surface area contributed by atoms with E-state index in [1.54, 1.807) is 0 Å². The van der Waals surface area contributed by atoms with Gasteiger partial charge in [-0.15, -0.1) is 0 Å². The molecule has 0 saturated heterocycles. The second-order valence-corrected chi connectivity index (χ2v) is 5.84. The van der Waals surface area contributed by atoms with Gasteiger partial charge in [-0.25, -0.2) is 4.98 Å². The van der Waals surface area contributed by atoms with Crippen LogP contribution in [-0.2, 0) is 4.79 Å². The standard InChI is InChI=1S/C13H15BrN2O3/c1-7-5-9(14)10(16-8(7)2)11(17)15-6-13(3-4-13)12(18)19/h5H,3-4,6H2,1-2H3,(H,15,17)(H,18,19). The Morgan fingerprint density at radius 1 is 1.47 bits per heavy atom. The molecule has 0 aromatic carbocycles. The fourth-order valence-electron chi connectivity index (χ4n) is 1.78. The Labute approximate surface area is 119 Å². The lowest BCUT2D eigenvalue weighted by atomic mass is 10.1. The third-order valence-electron chi connectivity index (χ3n) is 3.53. The fourth-order valence-corrected chi connectivity index (χ4v) is 2.39. The largest absolute Gasteiger partial charge is 0.481 e. The smallest absolute Gasteiger partial charge is 0.311 e. The van der Waals surface area contributed by atoms with Crippen molar-refractivity contribution in [1.82, 2.24) is 10.3 Å². The number of nitrogens with zero attached hydrogens (tertiary/aromatic N) is 1. The van der Waals surface area contributed by atoms with Gasteiger partial charge in [-0.3, -0.25) is 9.59 Å². The maximum absolute atomic E-state index is 12.0. The molecule has 0 spiro atoms. The fraction of sp³-hybridized carbons (Fsp3) is 0.462. The minimum atomic E-state index is -0.847. The zero-order valence-electron chi connectivity index (χ0n) is 10.8. The lowest BCUT2D eigenvalue weighted by Gasteiger charge is -2.12. The van der Waals surface area contributed by atoms with Gasteiger partial charge in [-0.05, 0) is 54.2 Å². The molecule has 1 aliphatic rings. The quantitative estimate of drug-likeness (QED) is 0.887. The van der Waals surface area contributed by atoms with Crippen molar-refractivity contribution in [1.29, 1.82) is 0 Å². The maximum Gasteiger partial charge on any atom is 0.311 e. The summed E-state index contributed by atoms with van der Waals surface area (Å²) in [5.74, 6) is -1.19. The van der Waals surface area contributed by atoms with Crippen molar-refractivity contribution in [2.45, 2.75) is 26.7 Å². The Bertz CT molecular complexity index is 553. The molecule has 5 nitrogen and oxygen atoms in total. The molecule has 1 amide bonds. The highest BCUT2D eigenvalue weighted by Crippen LogP contribution is 2.45. The first kappa shape index (κ1) is 14.0. The molecule has 1 aromatic heterocycles. The zero-order valence-corrected chi connectivity index (χ0v) is 12.4. The molecule has 1 saturated carbocycles. The Kier molecular flexibility index (Phi) is 3.62. The lowest BCUT2D eigenvalue weighted by Crippen LogP contribution is -2.34. The Morgan fingerprint density at radius 3 is 2.63 bits per heavy atom. The molecule has 0 unspecified atom stereocenters. The van der Waals surface area contributed by atoms with Crippen LogP contribution in [0.3, 0.4) is 0 Å². The number of hydrogen-bond acceptors (Lipinski definition) is 3. The van der Waals surface area contributed by atoms with E-state index in [0.717, 1.165) is 11.3 Å². The molecule has 2 rings (SSSR count). The van der Waals surface area contributed by atoms with Crippen LogP contribution in [0.1, 0.15) is 34.6 Å². The number of aromatic nitrogens is 1. The normalized spacial score (nSPS) is 15.9. The Balaban J connectivity index is 2.09. The molecule has 1 fully saturated rings. The van der Waals surface area contributed by atoms with Crippen LogP contribution >= 0.6 is 15.9 Å². The summed E-state index contributed by atoms with van der Waals surface area (Å²) in [5, 5.41) is 11.7. The monoisotopic (exact) mass is 326 g/mol. The van der Waals surface area contributed by atoms with Gasteiger partial charge in [0.25, 0.3) is 5.91 Å². The van der Waals surface area contributed by atoms with Gasteiger partial charge in [0.1, 0.15) is 5.69 Å². The first-order valence-corrected chi connectivity index (χ1v) is 6.80. The van der Waals surface area contributed by atoms with Gasteiger partial charge < -0.3 is 10.4 Å². The number of rotatable bonds is 4. The number of carbonyl (C=O) groups is 2. The molecular formula is C13H15BrN2O3. The summed E-state index contributed by atoms with van der Waals surface area (Å²) in [6, 6.07) is 1.83. The van der Waals surface area contributed by atoms with Gasteiger partial charge >= 0.3 is 5.97 Å². The lowest BCUT2D eigenvalue weighted by molar-refractivity contribution is -0.143. The number of carbonyl (C=O) groups excluding carboxylic acids is 1. The topological polar surface area (TPSA) is 79.3 Å². The second kappa shape index (κ2) is 4.92. The molecule has 2 N–H and O–H groups in total.